The number of carbonyl (C=O) groups excluding carboxylic acids is 1. The summed E-state index contributed by atoms with van der Waals surface area (Å²) in [6, 6.07) is 5.76. The van der Waals surface area contributed by atoms with Crippen molar-refractivity contribution < 1.29 is 9.53 Å². The molecule has 0 saturated heterocycles. The molecule has 0 radical (unpaired) electrons. The highest BCUT2D eigenvalue weighted by Crippen LogP contribution is 2.30. The van der Waals surface area contributed by atoms with Crippen LogP contribution in [0.1, 0.15) is 22.6 Å². The van der Waals surface area contributed by atoms with Crippen molar-refractivity contribution in [3.05, 3.63) is 38.8 Å². The smallest absolute Gasteiger partial charge is 0.264 e. The Labute approximate surface area is 135 Å². The Hall–Kier alpha value is -1.40. The van der Waals surface area contributed by atoms with Gasteiger partial charge in [-0.2, -0.15) is 0 Å². The Kier molecular flexibility index (Phi) is 4.26. The van der Waals surface area contributed by atoms with E-state index in [-0.39, 0.29) is 12.5 Å². The quantitative estimate of drug-likeness (QED) is 0.896. The average molecular weight is 367 g/mol. The largest absolute Gasteiger partial charge is 0.483 e. The zero-order chi connectivity index (χ0) is 14.8. The van der Waals surface area contributed by atoms with Crippen molar-refractivity contribution >= 4 is 38.3 Å². The molecule has 2 aromatic rings. The van der Waals surface area contributed by atoms with Gasteiger partial charge in [-0.3, -0.25) is 10.1 Å². The second-order valence-corrected chi connectivity index (χ2v) is 6.95. The van der Waals surface area contributed by atoms with Crippen LogP contribution in [0.5, 0.6) is 5.75 Å². The molecule has 0 aliphatic heterocycles. The number of halogens is 1. The molecule has 0 fully saturated rings. The van der Waals surface area contributed by atoms with E-state index in [0.717, 1.165) is 28.6 Å². The van der Waals surface area contributed by atoms with Crippen LogP contribution >= 0.6 is 27.3 Å². The summed E-state index contributed by atoms with van der Waals surface area (Å²) in [6.45, 7) is 1.98. The number of hydrogen-bond acceptors (Lipinski definition) is 4. The van der Waals surface area contributed by atoms with E-state index in [1.54, 1.807) is 11.3 Å². The maximum atomic E-state index is 11.9. The first-order chi connectivity index (χ1) is 10.1. The van der Waals surface area contributed by atoms with Crippen LogP contribution in [0.2, 0.25) is 0 Å². The fraction of sp³-hybridized carbons (Fsp3) is 0.333. The summed E-state index contributed by atoms with van der Waals surface area (Å²) in [7, 11) is 0. The molecule has 1 aliphatic rings. The van der Waals surface area contributed by atoms with Gasteiger partial charge >= 0.3 is 0 Å². The summed E-state index contributed by atoms with van der Waals surface area (Å²) in [6.07, 6.45) is 3.27. The van der Waals surface area contributed by atoms with E-state index in [1.807, 2.05) is 25.1 Å². The van der Waals surface area contributed by atoms with Crippen molar-refractivity contribution in [3.8, 4) is 5.75 Å². The summed E-state index contributed by atoms with van der Waals surface area (Å²) in [5.41, 5.74) is 2.27. The third-order valence-electron chi connectivity index (χ3n) is 3.29. The topological polar surface area (TPSA) is 51.2 Å². The molecular formula is C15H15BrN2O2S. The van der Waals surface area contributed by atoms with Gasteiger partial charge in [-0.25, -0.2) is 4.98 Å². The van der Waals surface area contributed by atoms with Gasteiger partial charge in [-0.1, -0.05) is 6.07 Å². The van der Waals surface area contributed by atoms with Crippen molar-refractivity contribution in [1.82, 2.24) is 4.98 Å². The number of nitrogens with one attached hydrogen (secondary N) is 1. The molecule has 0 atom stereocenters. The maximum absolute atomic E-state index is 11.9. The number of aryl methyl sites for hydroxylation is 3. The van der Waals surface area contributed by atoms with Crippen molar-refractivity contribution in [2.24, 2.45) is 0 Å². The molecule has 1 aromatic heterocycles. The van der Waals surface area contributed by atoms with E-state index in [2.05, 4.69) is 26.2 Å². The van der Waals surface area contributed by atoms with Crippen LogP contribution < -0.4 is 10.1 Å². The van der Waals surface area contributed by atoms with Crippen LogP contribution in [-0.2, 0) is 17.6 Å². The fourth-order valence-electron chi connectivity index (χ4n) is 2.27. The monoisotopic (exact) mass is 366 g/mol. The number of amides is 1. The number of benzene rings is 1. The van der Waals surface area contributed by atoms with Crippen molar-refractivity contribution in [2.75, 3.05) is 11.9 Å². The van der Waals surface area contributed by atoms with Gasteiger partial charge in [0.25, 0.3) is 5.91 Å². The van der Waals surface area contributed by atoms with Gasteiger partial charge in [0.05, 0.1) is 10.2 Å². The lowest BCUT2D eigenvalue weighted by Gasteiger charge is -2.08. The SMILES string of the molecule is Cc1ccc(OCC(=O)Nc2nc3c(s2)CCC3)c(Br)c1. The average Bonchev–Trinajstić information content (AvgIpc) is 2.98. The molecule has 0 unspecified atom stereocenters. The van der Waals surface area contributed by atoms with Crippen LogP contribution in [0.3, 0.4) is 0 Å². The lowest BCUT2D eigenvalue weighted by Crippen LogP contribution is -2.20. The third kappa shape index (κ3) is 3.44. The maximum Gasteiger partial charge on any atom is 0.264 e. The molecule has 4 nitrogen and oxygen atoms in total. The molecule has 3 rings (SSSR count). The van der Waals surface area contributed by atoms with E-state index in [0.29, 0.717) is 10.9 Å². The molecule has 110 valence electrons. The molecule has 1 heterocycles. The highest BCUT2D eigenvalue weighted by Gasteiger charge is 2.17. The van der Waals surface area contributed by atoms with Gasteiger partial charge in [0.1, 0.15) is 5.75 Å². The van der Waals surface area contributed by atoms with E-state index >= 15 is 0 Å². The zero-order valence-electron chi connectivity index (χ0n) is 11.6. The van der Waals surface area contributed by atoms with E-state index < -0.39 is 0 Å². The van der Waals surface area contributed by atoms with Gasteiger partial charge < -0.3 is 4.74 Å². The summed E-state index contributed by atoms with van der Waals surface area (Å²) in [5.74, 6) is 0.479. The van der Waals surface area contributed by atoms with Crippen LogP contribution in [0, 0.1) is 6.92 Å². The lowest BCUT2D eigenvalue weighted by atomic mass is 10.2. The zero-order valence-corrected chi connectivity index (χ0v) is 14.0. The number of carbonyl (C=O) groups is 1. The number of nitrogens with zero attached hydrogens (tertiary/aromatic N) is 1. The molecule has 1 amide bonds. The third-order valence-corrected chi connectivity index (χ3v) is 4.98. The number of rotatable bonds is 4. The van der Waals surface area contributed by atoms with Crippen LogP contribution in [-0.4, -0.2) is 17.5 Å². The minimum Gasteiger partial charge on any atom is -0.483 e. The van der Waals surface area contributed by atoms with E-state index in [9.17, 15) is 4.79 Å². The highest BCUT2D eigenvalue weighted by atomic mass is 79.9. The van der Waals surface area contributed by atoms with Gasteiger partial charge in [-0.15, -0.1) is 11.3 Å². The first-order valence-electron chi connectivity index (χ1n) is 6.79. The normalized spacial score (nSPS) is 13.0. The number of anilines is 1. The fourth-order valence-corrected chi connectivity index (χ4v) is 3.94. The molecule has 0 bridgehead atoms. The molecule has 1 aliphatic carbocycles. The minimum absolute atomic E-state index is 0.0219. The number of ether oxygens (including phenoxy) is 1. The summed E-state index contributed by atoms with van der Waals surface area (Å²) in [4.78, 5) is 17.6. The first-order valence-corrected chi connectivity index (χ1v) is 8.40. The Balaban J connectivity index is 1.56. The van der Waals surface area contributed by atoms with Crippen molar-refractivity contribution in [1.29, 1.82) is 0 Å². The van der Waals surface area contributed by atoms with Gasteiger partial charge in [0, 0.05) is 4.88 Å². The molecule has 0 saturated carbocycles. The number of aromatic nitrogens is 1. The second-order valence-electron chi connectivity index (χ2n) is 5.01. The van der Waals surface area contributed by atoms with Gasteiger partial charge in [-0.05, 0) is 59.8 Å². The lowest BCUT2D eigenvalue weighted by molar-refractivity contribution is -0.118. The summed E-state index contributed by atoms with van der Waals surface area (Å²) >= 11 is 5.00. The molecule has 0 spiro atoms. The van der Waals surface area contributed by atoms with Crippen molar-refractivity contribution in [2.45, 2.75) is 26.2 Å². The van der Waals surface area contributed by atoms with Crippen LogP contribution in [0.4, 0.5) is 5.13 Å². The van der Waals surface area contributed by atoms with Gasteiger partial charge in [0.2, 0.25) is 0 Å². The Bertz CT molecular complexity index is 663. The van der Waals surface area contributed by atoms with Gasteiger partial charge in [0.15, 0.2) is 11.7 Å². The Morgan fingerprint density at radius 1 is 1.48 bits per heavy atom. The second kappa shape index (κ2) is 6.15. The number of hydrogen-bond donors (Lipinski definition) is 1. The molecule has 6 heteroatoms. The standard InChI is InChI=1S/C15H15BrN2O2S/c1-9-5-6-12(10(16)7-9)20-8-14(19)18-15-17-11-3-2-4-13(11)21-15/h5-7H,2-4,8H2,1H3,(H,17,18,19). The molecular weight excluding hydrogens is 352 g/mol. The Morgan fingerprint density at radius 2 is 2.33 bits per heavy atom. The van der Waals surface area contributed by atoms with Crippen LogP contribution in [0.25, 0.3) is 0 Å². The molecule has 1 aromatic carbocycles. The minimum atomic E-state index is -0.185. The van der Waals surface area contributed by atoms with E-state index in [1.165, 1.54) is 11.3 Å². The number of thiazole rings is 1. The molecule has 21 heavy (non-hydrogen) atoms. The first kappa shape index (κ1) is 14.5. The predicted octanol–water partition coefficient (Wildman–Crippen LogP) is 3.72. The highest BCUT2D eigenvalue weighted by molar-refractivity contribution is 9.10. The van der Waals surface area contributed by atoms with Crippen molar-refractivity contribution in [3.63, 3.8) is 0 Å². The van der Waals surface area contributed by atoms with Crippen LogP contribution in [0.15, 0.2) is 22.7 Å². The number of fused-ring (bicyclic) bond motifs is 1. The molecule has 1 N–H and O–H groups in total. The predicted molar refractivity (Wildman–Crippen MR) is 87.1 cm³/mol. The summed E-state index contributed by atoms with van der Waals surface area (Å²) in [5, 5.41) is 3.48. The summed E-state index contributed by atoms with van der Waals surface area (Å²) < 4.78 is 6.37. The van der Waals surface area contributed by atoms with E-state index in [4.69, 9.17) is 4.74 Å². The Morgan fingerprint density at radius 3 is 3.10 bits per heavy atom.